The number of nitrogens with two attached hydrogens (primary N) is 1. The molecule has 1 aliphatic carbocycles. The molecule has 1 aliphatic rings. The van der Waals surface area contributed by atoms with Gasteiger partial charge in [-0.1, -0.05) is 25.0 Å². The van der Waals surface area contributed by atoms with Gasteiger partial charge in [-0.2, -0.15) is 18.4 Å². The van der Waals surface area contributed by atoms with E-state index in [4.69, 9.17) is 5.73 Å². The molecule has 3 rings (SSSR count). The Morgan fingerprint density at radius 2 is 1.80 bits per heavy atom. The smallest absolute Gasteiger partial charge is 0.383 e. The van der Waals surface area contributed by atoms with Crippen molar-refractivity contribution in [2.45, 2.75) is 44.7 Å². The van der Waals surface area contributed by atoms with E-state index in [-0.39, 0.29) is 11.4 Å². The lowest BCUT2D eigenvalue weighted by molar-refractivity contribution is -0.137. The Morgan fingerprint density at radius 1 is 1.08 bits per heavy atom. The molecule has 1 aromatic carbocycles. The lowest BCUT2D eigenvalue weighted by Gasteiger charge is -2.20. The molecule has 0 saturated carbocycles. The monoisotopic (exact) mass is 345 g/mol. The molecule has 0 saturated heterocycles. The Labute approximate surface area is 144 Å². The lowest BCUT2D eigenvalue weighted by Crippen LogP contribution is -2.10. The van der Waals surface area contributed by atoms with E-state index in [0.717, 1.165) is 55.5 Å². The minimum Gasteiger partial charge on any atom is -0.383 e. The Morgan fingerprint density at radius 3 is 2.48 bits per heavy atom. The maximum Gasteiger partial charge on any atom is 0.416 e. The molecule has 1 aromatic heterocycles. The lowest BCUT2D eigenvalue weighted by atomic mass is 9.87. The second-order valence-corrected chi connectivity index (χ2v) is 6.28. The molecule has 0 atom stereocenters. The molecule has 2 N–H and O–H groups in total. The molecule has 2 aromatic rings. The van der Waals surface area contributed by atoms with Gasteiger partial charge in [0.2, 0.25) is 0 Å². The molecule has 0 bridgehead atoms. The Hall–Kier alpha value is -2.55. The minimum atomic E-state index is -4.43. The van der Waals surface area contributed by atoms with Gasteiger partial charge in [0.25, 0.3) is 0 Å². The average molecular weight is 345 g/mol. The number of aryl methyl sites for hydroxylation is 1. The van der Waals surface area contributed by atoms with Crippen LogP contribution in [0.5, 0.6) is 0 Å². The van der Waals surface area contributed by atoms with Gasteiger partial charge >= 0.3 is 6.18 Å². The van der Waals surface area contributed by atoms with Gasteiger partial charge in [-0.3, -0.25) is 0 Å². The van der Waals surface area contributed by atoms with Gasteiger partial charge in [0.15, 0.2) is 0 Å². The van der Waals surface area contributed by atoms with Crippen molar-refractivity contribution in [2.24, 2.45) is 0 Å². The zero-order chi connectivity index (χ0) is 18.0. The number of nitrogen functional groups attached to an aromatic ring is 1. The van der Waals surface area contributed by atoms with Crippen molar-refractivity contribution in [3.63, 3.8) is 0 Å². The summed E-state index contributed by atoms with van der Waals surface area (Å²) < 4.78 is 39.3. The standard InChI is InChI=1S/C19H18F3N3/c20-19(21,22)13-7-5-6-12(10-13)17-14-8-3-1-2-4-9-16(14)25-18(24)15(17)11-23/h5-7,10H,1-4,8-9H2,(H2,24,25). The fraction of sp³-hybridized carbons (Fsp3) is 0.368. The first-order valence-corrected chi connectivity index (χ1v) is 8.30. The molecule has 0 unspecified atom stereocenters. The Balaban J connectivity index is 2.26. The summed E-state index contributed by atoms with van der Waals surface area (Å²) >= 11 is 0. The van der Waals surface area contributed by atoms with Crippen LogP contribution in [-0.4, -0.2) is 4.98 Å². The Kier molecular flexibility index (Phi) is 4.67. The zero-order valence-corrected chi connectivity index (χ0v) is 13.7. The minimum absolute atomic E-state index is 0.0919. The number of aromatic nitrogens is 1. The molecule has 0 fully saturated rings. The van der Waals surface area contributed by atoms with Crippen molar-refractivity contribution in [2.75, 3.05) is 5.73 Å². The van der Waals surface area contributed by atoms with Crippen molar-refractivity contribution < 1.29 is 13.2 Å². The number of pyridine rings is 1. The number of hydrogen-bond donors (Lipinski definition) is 1. The number of benzene rings is 1. The second kappa shape index (κ2) is 6.75. The first-order valence-electron chi connectivity index (χ1n) is 8.30. The summed E-state index contributed by atoms with van der Waals surface area (Å²) in [7, 11) is 0. The van der Waals surface area contributed by atoms with Crippen LogP contribution in [0, 0.1) is 11.3 Å². The van der Waals surface area contributed by atoms with E-state index in [1.165, 1.54) is 6.07 Å². The summed E-state index contributed by atoms with van der Waals surface area (Å²) in [6.45, 7) is 0. The van der Waals surface area contributed by atoms with Crippen molar-refractivity contribution in [1.29, 1.82) is 5.26 Å². The molecule has 3 nitrogen and oxygen atoms in total. The molecule has 25 heavy (non-hydrogen) atoms. The van der Waals surface area contributed by atoms with E-state index in [1.807, 2.05) is 6.07 Å². The van der Waals surface area contributed by atoms with Crippen LogP contribution in [0.25, 0.3) is 11.1 Å². The fourth-order valence-corrected chi connectivity index (χ4v) is 3.40. The van der Waals surface area contributed by atoms with E-state index in [0.29, 0.717) is 17.5 Å². The first-order chi connectivity index (χ1) is 11.9. The van der Waals surface area contributed by atoms with E-state index in [2.05, 4.69) is 4.98 Å². The number of nitrogens with zero attached hydrogens (tertiary/aromatic N) is 2. The van der Waals surface area contributed by atoms with Gasteiger partial charge in [-0.25, -0.2) is 4.98 Å². The predicted molar refractivity (Wildman–Crippen MR) is 89.7 cm³/mol. The fourth-order valence-electron chi connectivity index (χ4n) is 3.40. The topological polar surface area (TPSA) is 62.7 Å². The second-order valence-electron chi connectivity index (χ2n) is 6.28. The van der Waals surface area contributed by atoms with Crippen LogP contribution < -0.4 is 5.73 Å². The molecule has 6 heteroatoms. The average Bonchev–Trinajstić information content (AvgIpc) is 2.55. The van der Waals surface area contributed by atoms with E-state index >= 15 is 0 Å². The van der Waals surface area contributed by atoms with Crippen LogP contribution in [0.1, 0.15) is 48.1 Å². The Bertz CT molecular complexity index is 835. The highest BCUT2D eigenvalue weighted by Crippen LogP contribution is 2.38. The van der Waals surface area contributed by atoms with Crippen LogP contribution >= 0.6 is 0 Å². The largest absolute Gasteiger partial charge is 0.416 e. The normalized spacial score (nSPS) is 15.0. The molecule has 130 valence electrons. The summed E-state index contributed by atoms with van der Waals surface area (Å²) in [5, 5.41) is 9.52. The maximum absolute atomic E-state index is 13.1. The van der Waals surface area contributed by atoms with Crippen LogP contribution in [-0.2, 0) is 19.0 Å². The maximum atomic E-state index is 13.1. The number of hydrogen-bond acceptors (Lipinski definition) is 3. The van der Waals surface area contributed by atoms with E-state index in [1.54, 1.807) is 6.07 Å². The van der Waals surface area contributed by atoms with Crippen molar-refractivity contribution in [1.82, 2.24) is 4.98 Å². The molecular formula is C19H18F3N3. The van der Waals surface area contributed by atoms with Gasteiger partial charge in [0, 0.05) is 11.3 Å². The molecule has 0 aliphatic heterocycles. The third kappa shape index (κ3) is 3.46. The number of alkyl halides is 3. The van der Waals surface area contributed by atoms with Gasteiger partial charge in [-0.05, 0) is 48.9 Å². The van der Waals surface area contributed by atoms with Crippen LogP contribution in [0.3, 0.4) is 0 Å². The molecule has 0 amide bonds. The summed E-state index contributed by atoms with van der Waals surface area (Å²) in [6, 6.07) is 7.13. The number of rotatable bonds is 1. The molecule has 0 radical (unpaired) electrons. The van der Waals surface area contributed by atoms with Crippen LogP contribution in [0.15, 0.2) is 24.3 Å². The summed E-state index contributed by atoms with van der Waals surface area (Å²) in [5.41, 5.74) is 7.94. The van der Waals surface area contributed by atoms with Gasteiger partial charge < -0.3 is 5.73 Å². The zero-order valence-electron chi connectivity index (χ0n) is 13.7. The van der Waals surface area contributed by atoms with E-state index < -0.39 is 11.7 Å². The first kappa shape index (κ1) is 17.3. The summed E-state index contributed by atoms with van der Waals surface area (Å²) in [4.78, 5) is 4.38. The van der Waals surface area contributed by atoms with Crippen molar-refractivity contribution >= 4 is 5.82 Å². The SMILES string of the molecule is N#Cc1c(N)nc2c(c1-c1cccc(C(F)(F)F)c1)CCCCCC2. The summed E-state index contributed by atoms with van der Waals surface area (Å²) in [6.07, 6.45) is 1.05. The van der Waals surface area contributed by atoms with Crippen LogP contribution in [0.4, 0.5) is 19.0 Å². The number of halogens is 3. The number of nitriles is 1. The predicted octanol–water partition coefficient (Wildman–Crippen LogP) is 4.88. The van der Waals surface area contributed by atoms with Crippen molar-refractivity contribution in [3.8, 4) is 17.2 Å². The number of anilines is 1. The molecule has 0 spiro atoms. The van der Waals surface area contributed by atoms with E-state index in [9.17, 15) is 18.4 Å². The quantitative estimate of drug-likeness (QED) is 0.801. The van der Waals surface area contributed by atoms with Gasteiger partial charge in [0.05, 0.1) is 5.56 Å². The molecule has 1 heterocycles. The highest BCUT2D eigenvalue weighted by molar-refractivity contribution is 5.79. The summed E-state index contributed by atoms with van der Waals surface area (Å²) in [5.74, 6) is 0.0919. The molecular weight excluding hydrogens is 327 g/mol. The third-order valence-electron chi connectivity index (χ3n) is 4.59. The van der Waals surface area contributed by atoms with Crippen LogP contribution in [0.2, 0.25) is 0 Å². The highest BCUT2D eigenvalue weighted by Gasteiger charge is 2.31. The van der Waals surface area contributed by atoms with Gasteiger partial charge in [0.1, 0.15) is 17.5 Å². The van der Waals surface area contributed by atoms with Crippen molar-refractivity contribution in [3.05, 3.63) is 46.6 Å². The number of fused-ring (bicyclic) bond motifs is 1. The highest BCUT2D eigenvalue weighted by atomic mass is 19.4. The van der Waals surface area contributed by atoms with Gasteiger partial charge in [-0.15, -0.1) is 0 Å². The third-order valence-corrected chi connectivity index (χ3v) is 4.59.